The van der Waals surface area contributed by atoms with Gasteiger partial charge in [0.25, 0.3) is 0 Å². The zero-order chi connectivity index (χ0) is 14.1. The largest absolute Gasteiger partial charge is 0.370 e. The molecular formula is C14H22ClN3O2. The number of amides is 2. The quantitative estimate of drug-likeness (QED) is 0.752. The Labute approximate surface area is 125 Å². The fourth-order valence-electron chi connectivity index (χ4n) is 1.75. The third-order valence-electron chi connectivity index (χ3n) is 2.79. The molecule has 4 N–H and O–H groups in total. The van der Waals surface area contributed by atoms with Gasteiger partial charge in [-0.15, -0.1) is 12.4 Å². The predicted octanol–water partition coefficient (Wildman–Crippen LogP) is 1.05. The summed E-state index contributed by atoms with van der Waals surface area (Å²) in [5.74, 6) is -0.389. The second-order valence-corrected chi connectivity index (χ2v) is 4.41. The number of nitrogens with two attached hydrogens (primary N) is 2. The average Bonchev–Trinajstić information content (AvgIpc) is 2.41. The summed E-state index contributed by atoms with van der Waals surface area (Å²) in [6.45, 7) is 1.34. The minimum absolute atomic E-state index is 0. The van der Waals surface area contributed by atoms with Crippen molar-refractivity contribution >= 4 is 24.2 Å². The Balaban J connectivity index is 0.00000361. The van der Waals surface area contributed by atoms with Crippen LogP contribution >= 0.6 is 12.4 Å². The maximum Gasteiger partial charge on any atom is 0.222 e. The number of carbonyl (C=O) groups excluding carboxylic acids is 2. The van der Waals surface area contributed by atoms with Crippen LogP contribution in [0.3, 0.4) is 0 Å². The molecule has 0 spiro atoms. The van der Waals surface area contributed by atoms with Gasteiger partial charge in [0.1, 0.15) is 0 Å². The monoisotopic (exact) mass is 299 g/mol. The van der Waals surface area contributed by atoms with Crippen LogP contribution in [0.25, 0.3) is 0 Å². The highest BCUT2D eigenvalue weighted by molar-refractivity contribution is 5.85. The summed E-state index contributed by atoms with van der Waals surface area (Å²) in [6.07, 6.45) is 1.24. The first-order valence-electron chi connectivity index (χ1n) is 6.43. The Morgan fingerprint density at radius 1 is 1.10 bits per heavy atom. The number of primary amides is 1. The summed E-state index contributed by atoms with van der Waals surface area (Å²) in [5.41, 5.74) is 11.6. The van der Waals surface area contributed by atoms with E-state index in [-0.39, 0.29) is 24.7 Å². The molecule has 0 unspecified atom stereocenters. The van der Waals surface area contributed by atoms with E-state index >= 15 is 0 Å². The van der Waals surface area contributed by atoms with Crippen molar-refractivity contribution in [2.45, 2.75) is 25.8 Å². The summed E-state index contributed by atoms with van der Waals surface area (Å²) in [4.78, 5) is 24.6. The van der Waals surface area contributed by atoms with Gasteiger partial charge in [-0.05, 0) is 18.5 Å². The summed E-state index contributed by atoms with van der Waals surface area (Å²) in [5, 5.41) is 0. The third-order valence-corrected chi connectivity index (χ3v) is 2.79. The number of benzene rings is 1. The van der Waals surface area contributed by atoms with E-state index in [0.29, 0.717) is 32.5 Å². The number of hydrogen-bond acceptors (Lipinski definition) is 3. The normalized spacial score (nSPS) is 9.65. The van der Waals surface area contributed by atoms with E-state index in [9.17, 15) is 9.59 Å². The molecule has 1 rings (SSSR count). The molecule has 0 radical (unpaired) electrons. The van der Waals surface area contributed by atoms with Crippen molar-refractivity contribution in [3.05, 3.63) is 35.9 Å². The number of nitrogens with zero attached hydrogens (tertiary/aromatic N) is 1. The summed E-state index contributed by atoms with van der Waals surface area (Å²) in [7, 11) is 0. The predicted molar refractivity (Wildman–Crippen MR) is 81.2 cm³/mol. The highest BCUT2D eigenvalue weighted by Crippen LogP contribution is 2.07. The molecule has 20 heavy (non-hydrogen) atoms. The molecule has 0 aromatic heterocycles. The lowest BCUT2D eigenvalue weighted by Crippen LogP contribution is -2.33. The van der Waals surface area contributed by atoms with Crippen LogP contribution in [-0.2, 0) is 16.1 Å². The van der Waals surface area contributed by atoms with Gasteiger partial charge in [0, 0.05) is 25.9 Å². The van der Waals surface area contributed by atoms with Crippen LogP contribution in [0.5, 0.6) is 0 Å². The Kier molecular flexibility index (Phi) is 9.41. The standard InChI is InChI=1S/C14H21N3O2.ClH/c15-9-4-7-14(19)17(10-8-13(16)18)11-12-5-2-1-3-6-12;/h1-3,5-6H,4,7-11,15H2,(H2,16,18);1H. The Morgan fingerprint density at radius 3 is 2.30 bits per heavy atom. The maximum absolute atomic E-state index is 12.0. The molecular weight excluding hydrogens is 278 g/mol. The Morgan fingerprint density at radius 2 is 1.75 bits per heavy atom. The highest BCUT2D eigenvalue weighted by Gasteiger charge is 2.14. The first-order valence-corrected chi connectivity index (χ1v) is 6.43. The molecule has 0 bridgehead atoms. The molecule has 0 aliphatic heterocycles. The van der Waals surface area contributed by atoms with Crippen molar-refractivity contribution in [3.8, 4) is 0 Å². The van der Waals surface area contributed by atoms with E-state index in [0.717, 1.165) is 5.56 Å². The highest BCUT2D eigenvalue weighted by atomic mass is 35.5. The molecule has 1 aromatic carbocycles. The Bertz CT molecular complexity index is 412. The van der Waals surface area contributed by atoms with Crippen LogP contribution < -0.4 is 11.5 Å². The minimum atomic E-state index is -0.398. The number of carbonyl (C=O) groups is 2. The fraction of sp³-hybridized carbons (Fsp3) is 0.429. The minimum Gasteiger partial charge on any atom is -0.370 e. The van der Waals surface area contributed by atoms with E-state index < -0.39 is 5.91 Å². The van der Waals surface area contributed by atoms with E-state index in [2.05, 4.69) is 0 Å². The van der Waals surface area contributed by atoms with Gasteiger partial charge in [-0.3, -0.25) is 9.59 Å². The van der Waals surface area contributed by atoms with Gasteiger partial charge < -0.3 is 16.4 Å². The molecule has 0 saturated carbocycles. The van der Waals surface area contributed by atoms with Crippen molar-refractivity contribution in [3.63, 3.8) is 0 Å². The SMILES string of the molecule is Cl.NCCCC(=O)N(CCC(N)=O)Cc1ccccc1. The lowest BCUT2D eigenvalue weighted by molar-refractivity contribution is -0.132. The molecule has 112 valence electrons. The molecule has 6 heteroatoms. The van der Waals surface area contributed by atoms with Gasteiger partial charge in [0.15, 0.2) is 0 Å². The lowest BCUT2D eigenvalue weighted by Gasteiger charge is -2.22. The van der Waals surface area contributed by atoms with E-state index in [1.807, 2.05) is 30.3 Å². The van der Waals surface area contributed by atoms with Crippen LogP contribution in [0.1, 0.15) is 24.8 Å². The molecule has 2 amide bonds. The van der Waals surface area contributed by atoms with Gasteiger partial charge in [-0.2, -0.15) is 0 Å². The molecule has 0 aliphatic rings. The molecule has 5 nitrogen and oxygen atoms in total. The number of hydrogen-bond donors (Lipinski definition) is 2. The van der Waals surface area contributed by atoms with Crippen LogP contribution in [0.4, 0.5) is 0 Å². The zero-order valence-electron chi connectivity index (χ0n) is 11.5. The van der Waals surface area contributed by atoms with Crippen LogP contribution in [0.15, 0.2) is 30.3 Å². The van der Waals surface area contributed by atoms with Crippen molar-refractivity contribution in [1.82, 2.24) is 4.90 Å². The lowest BCUT2D eigenvalue weighted by atomic mass is 10.2. The molecule has 0 saturated heterocycles. The van der Waals surface area contributed by atoms with Gasteiger partial charge >= 0.3 is 0 Å². The van der Waals surface area contributed by atoms with Crippen LogP contribution in [-0.4, -0.2) is 29.8 Å². The molecule has 1 aromatic rings. The summed E-state index contributed by atoms with van der Waals surface area (Å²) >= 11 is 0. The van der Waals surface area contributed by atoms with Crippen molar-refractivity contribution in [2.75, 3.05) is 13.1 Å². The Hall–Kier alpha value is -1.59. The van der Waals surface area contributed by atoms with Gasteiger partial charge in [-0.1, -0.05) is 30.3 Å². The van der Waals surface area contributed by atoms with Crippen molar-refractivity contribution in [2.24, 2.45) is 11.5 Å². The average molecular weight is 300 g/mol. The van der Waals surface area contributed by atoms with Gasteiger partial charge in [0.05, 0.1) is 0 Å². The molecule has 0 atom stereocenters. The van der Waals surface area contributed by atoms with Crippen LogP contribution in [0, 0.1) is 0 Å². The molecule has 0 fully saturated rings. The summed E-state index contributed by atoms with van der Waals surface area (Å²) in [6, 6.07) is 9.67. The second kappa shape index (κ2) is 10.2. The van der Waals surface area contributed by atoms with E-state index in [4.69, 9.17) is 11.5 Å². The van der Waals surface area contributed by atoms with Gasteiger partial charge in [0.2, 0.25) is 11.8 Å². The van der Waals surface area contributed by atoms with Crippen molar-refractivity contribution < 1.29 is 9.59 Å². The van der Waals surface area contributed by atoms with Crippen molar-refractivity contribution in [1.29, 1.82) is 0 Å². The first kappa shape index (κ1) is 18.4. The van der Waals surface area contributed by atoms with Crippen LogP contribution in [0.2, 0.25) is 0 Å². The number of halogens is 1. The second-order valence-electron chi connectivity index (χ2n) is 4.41. The zero-order valence-corrected chi connectivity index (χ0v) is 12.3. The molecule has 0 aliphatic carbocycles. The van der Waals surface area contributed by atoms with E-state index in [1.54, 1.807) is 4.90 Å². The third kappa shape index (κ3) is 7.11. The number of rotatable bonds is 8. The first-order chi connectivity index (χ1) is 9.13. The van der Waals surface area contributed by atoms with Gasteiger partial charge in [-0.25, -0.2) is 0 Å². The smallest absolute Gasteiger partial charge is 0.222 e. The summed E-state index contributed by atoms with van der Waals surface area (Å²) < 4.78 is 0. The maximum atomic E-state index is 12.0. The topological polar surface area (TPSA) is 89.4 Å². The van der Waals surface area contributed by atoms with E-state index in [1.165, 1.54) is 0 Å². The fourth-order valence-corrected chi connectivity index (χ4v) is 1.75. The molecule has 0 heterocycles.